The molecule has 1 heterocycles. The lowest BCUT2D eigenvalue weighted by Crippen LogP contribution is -2.24. The third kappa shape index (κ3) is 3.07. The summed E-state index contributed by atoms with van der Waals surface area (Å²) in [6.07, 6.45) is -0.618. The molecule has 2 rings (SSSR count). The van der Waals surface area contributed by atoms with Crippen LogP contribution in [0.15, 0.2) is 18.2 Å². The first kappa shape index (κ1) is 13.0. The van der Waals surface area contributed by atoms with Crippen molar-refractivity contribution in [3.63, 3.8) is 0 Å². The Kier molecular flexibility index (Phi) is 3.96. The fraction of sp³-hybridized carbons (Fsp3) is 0.462. The molecule has 0 saturated heterocycles. The fourth-order valence-corrected chi connectivity index (χ4v) is 1.86. The highest BCUT2D eigenvalue weighted by atomic mass is 16.5. The van der Waals surface area contributed by atoms with Crippen molar-refractivity contribution in [3.8, 4) is 0 Å². The molecule has 1 aromatic heterocycles. The van der Waals surface area contributed by atoms with Crippen LogP contribution in [0, 0.1) is 0 Å². The van der Waals surface area contributed by atoms with E-state index in [4.69, 9.17) is 10.2 Å². The SMILES string of the molecule is CC(C)NCCc1ccc2nc(C(O)O)[nH]c2c1. The van der Waals surface area contributed by atoms with Crippen LogP contribution in [0.4, 0.5) is 0 Å². The number of H-pyrrole nitrogens is 1. The van der Waals surface area contributed by atoms with E-state index in [9.17, 15) is 0 Å². The van der Waals surface area contributed by atoms with Gasteiger partial charge in [-0.25, -0.2) is 4.98 Å². The molecule has 0 fully saturated rings. The summed E-state index contributed by atoms with van der Waals surface area (Å²) in [6.45, 7) is 5.16. The van der Waals surface area contributed by atoms with E-state index < -0.39 is 6.29 Å². The first-order valence-corrected chi connectivity index (χ1v) is 6.14. The van der Waals surface area contributed by atoms with Crippen LogP contribution in [0.2, 0.25) is 0 Å². The lowest BCUT2D eigenvalue weighted by Gasteiger charge is -2.07. The zero-order chi connectivity index (χ0) is 13.1. The minimum atomic E-state index is -1.55. The van der Waals surface area contributed by atoms with Gasteiger partial charge in [0.25, 0.3) is 0 Å². The van der Waals surface area contributed by atoms with Crippen LogP contribution in [0.1, 0.15) is 31.5 Å². The van der Waals surface area contributed by atoms with Gasteiger partial charge in [0.2, 0.25) is 6.29 Å². The van der Waals surface area contributed by atoms with Gasteiger partial charge in [0.05, 0.1) is 11.0 Å². The molecule has 0 atom stereocenters. The molecule has 18 heavy (non-hydrogen) atoms. The van der Waals surface area contributed by atoms with Crippen LogP contribution in [-0.2, 0) is 6.42 Å². The van der Waals surface area contributed by atoms with Crippen LogP contribution in [-0.4, -0.2) is 32.8 Å². The third-order valence-electron chi connectivity index (χ3n) is 2.78. The number of imidazole rings is 1. The maximum atomic E-state index is 9.05. The zero-order valence-electron chi connectivity index (χ0n) is 10.6. The molecule has 0 amide bonds. The summed E-state index contributed by atoms with van der Waals surface area (Å²) in [5.74, 6) is 0.183. The molecule has 0 aliphatic heterocycles. The number of fused-ring (bicyclic) bond motifs is 1. The maximum Gasteiger partial charge on any atom is 0.212 e. The second-order valence-electron chi connectivity index (χ2n) is 4.71. The normalized spacial score (nSPS) is 11.9. The average molecular weight is 249 g/mol. The molecule has 0 aliphatic carbocycles. The molecular weight excluding hydrogens is 230 g/mol. The lowest BCUT2D eigenvalue weighted by molar-refractivity contribution is -0.0486. The molecule has 98 valence electrons. The van der Waals surface area contributed by atoms with E-state index >= 15 is 0 Å². The van der Waals surface area contributed by atoms with Crippen molar-refractivity contribution in [2.75, 3.05) is 6.54 Å². The minimum Gasteiger partial charge on any atom is -0.362 e. The van der Waals surface area contributed by atoms with Gasteiger partial charge in [-0.15, -0.1) is 0 Å². The smallest absolute Gasteiger partial charge is 0.212 e. The molecule has 0 aliphatic rings. The van der Waals surface area contributed by atoms with Gasteiger partial charge >= 0.3 is 0 Å². The number of nitrogens with one attached hydrogen (secondary N) is 2. The van der Waals surface area contributed by atoms with Gasteiger partial charge < -0.3 is 20.5 Å². The Labute approximate surface area is 106 Å². The summed E-state index contributed by atoms with van der Waals surface area (Å²) < 4.78 is 0. The van der Waals surface area contributed by atoms with Crippen molar-refractivity contribution in [1.29, 1.82) is 0 Å². The molecule has 0 unspecified atom stereocenters. The van der Waals surface area contributed by atoms with Gasteiger partial charge in [-0.3, -0.25) is 0 Å². The van der Waals surface area contributed by atoms with Gasteiger partial charge in [0.15, 0.2) is 5.82 Å². The number of aliphatic hydroxyl groups is 2. The number of benzene rings is 1. The summed E-state index contributed by atoms with van der Waals surface area (Å²) in [5, 5.41) is 21.5. The number of aromatic amines is 1. The first-order chi connectivity index (χ1) is 8.56. The van der Waals surface area contributed by atoms with Crippen LogP contribution < -0.4 is 5.32 Å². The van der Waals surface area contributed by atoms with Gasteiger partial charge in [0, 0.05) is 6.04 Å². The predicted octanol–water partition coefficient (Wildman–Crippen LogP) is 1.09. The van der Waals surface area contributed by atoms with Crippen LogP contribution in [0.5, 0.6) is 0 Å². The molecule has 4 N–H and O–H groups in total. The Morgan fingerprint density at radius 3 is 2.78 bits per heavy atom. The largest absolute Gasteiger partial charge is 0.362 e. The van der Waals surface area contributed by atoms with Crippen LogP contribution in [0.3, 0.4) is 0 Å². The Bertz CT molecular complexity index is 520. The van der Waals surface area contributed by atoms with E-state index in [1.54, 1.807) is 0 Å². The second-order valence-corrected chi connectivity index (χ2v) is 4.71. The summed E-state index contributed by atoms with van der Waals surface area (Å²) >= 11 is 0. The van der Waals surface area contributed by atoms with Gasteiger partial charge in [-0.05, 0) is 30.7 Å². The summed E-state index contributed by atoms with van der Waals surface area (Å²) in [4.78, 5) is 6.99. The Balaban J connectivity index is 2.11. The van der Waals surface area contributed by atoms with Crippen molar-refractivity contribution in [3.05, 3.63) is 29.6 Å². The maximum absolute atomic E-state index is 9.05. The highest BCUT2D eigenvalue weighted by Crippen LogP contribution is 2.16. The van der Waals surface area contributed by atoms with E-state index in [0.717, 1.165) is 24.0 Å². The summed E-state index contributed by atoms with van der Waals surface area (Å²) in [7, 11) is 0. The molecule has 2 aromatic rings. The number of nitrogens with zero attached hydrogens (tertiary/aromatic N) is 1. The number of aromatic nitrogens is 2. The molecular formula is C13H19N3O2. The number of aliphatic hydroxyl groups excluding tert-OH is 1. The van der Waals surface area contributed by atoms with Crippen molar-refractivity contribution in [2.24, 2.45) is 0 Å². The van der Waals surface area contributed by atoms with E-state index in [1.807, 2.05) is 18.2 Å². The first-order valence-electron chi connectivity index (χ1n) is 6.14. The standard InChI is InChI=1S/C13H19N3O2/c1-8(2)14-6-5-9-3-4-10-11(7-9)16-12(15-10)13(17)18/h3-4,7-8,13-14,17-18H,5-6H2,1-2H3,(H,15,16). The Morgan fingerprint density at radius 2 is 2.11 bits per heavy atom. The highest BCUT2D eigenvalue weighted by Gasteiger charge is 2.09. The number of rotatable bonds is 5. The van der Waals surface area contributed by atoms with Gasteiger partial charge in [-0.1, -0.05) is 19.9 Å². The van der Waals surface area contributed by atoms with E-state index in [2.05, 4.69) is 29.1 Å². The molecule has 0 spiro atoms. The predicted molar refractivity (Wildman–Crippen MR) is 70.1 cm³/mol. The van der Waals surface area contributed by atoms with Crippen molar-refractivity contribution >= 4 is 11.0 Å². The molecule has 0 radical (unpaired) electrons. The van der Waals surface area contributed by atoms with Gasteiger partial charge in [0.1, 0.15) is 0 Å². The zero-order valence-corrected chi connectivity index (χ0v) is 10.6. The van der Waals surface area contributed by atoms with Crippen molar-refractivity contribution in [2.45, 2.75) is 32.6 Å². The molecule has 1 aromatic carbocycles. The van der Waals surface area contributed by atoms with E-state index in [0.29, 0.717) is 6.04 Å². The average Bonchev–Trinajstić information content (AvgIpc) is 2.71. The van der Waals surface area contributed by atoms with Crippen LogP contribution in [0.25, 0.3) is 11.0 Å². The quantitative estimate of drug-likeness (QED) is 0.598. The molecule has 5 heteroatoms. The number of hydrogen-bond acceptors (Lipinski definition) is 4. The summed E-state index contributed by atoms with van der Waals surface area (Å²) in [6, 6.07) is 6.38. The Morgan fingerprint density at radius 1 is 1.33 bits per heavy atom. The molecule has 0 bridgehead atoms. The second kappa shape index (κ2) is 5.48. The van der Waals surface area contributed by atoms with Crippen LogP contribution >= 0.6 is 0 Å². The van der Waals surface area contributed by atoms with Crippen molar-refractivity contribution < 1.29 is 10.2 Å². The fourth-order valence-electron chi connectivity index (χ4n) is 1.86. The molecule has 5 nitrogen and oxygen atoms in total. The lowest BCUT2D eigenvalue weighted by atomic mass is 10.1. The molecule has 0 saturated carbocycles. The van der Waals surface area contributed by atoms with Crippen molar-refractivity contribution in [1.82, 2.24) is 15.3 Å². The van der Waals surface area contributed by atoms with Gasteiger partial charge in [-0.2, -0.15) is 0 Å². The minimum absolute atomic E-state index is 0.183. The van der Waals surface area contributed by atoms with E-state index in [-0.39, 0.29) is 5.82 Å². The highest BCUT2D eigenvalue weighted by molar-refractivity contribution is 5.75. The summed E-state index contributed by atoms with van der Waals surface area (Å²) in [5.41, 5.74) is 2.78. The number of hydrogen-bond donors (Lipinski definition) is 4. The van der Waals surface area contributed by atoms with E-state index in [1.165, 1.54) is 5.56 Å². The topological polar surface area (TPSA) is 81.2 Å². The third-order valence-corrected chi connectivity index (χ3v) is 2.78. The monoisotopic (exact) mass is 249 g/mol. The Hall–Kier alpha value is -1.43.